The fourth-order valence-electron chi connectivity index (χ4n) is 2.77. The van der Waals surface area contributed by atoms with E-state index >= 15 is 0 Å². The topological polar surface area (TPSA) is 91.5 Å². The summed E-state index contributed by atoms with van der Waals surface area (Å²) in [5, 5.41) is 1.44. The molecule has 4 aromatic rings. The van der Waals surface area contributed by atoms with Gasteiger partial charge in [0.15, 0.2) is 5.58 Å². The first-order valence-corrected chi connectivity index (χ1v) is 9.98. The van der Waals surface area contributed by atoms with Gasteiger partial charge in [-0.05, 0) is 35.7 Å². The van der Waals surface area contributed by atoms with E-state index in [-0.39, 0.29) is 16.4 Å². The molecule has 0 N–H and O–H groups in total. The van der Waals surface area contributed by atoms with E-state index in [4.69, 9.17) is 12.8 Å². The summed E-state index contributed by atoms with van der Waals surface area (Å²) in [5.41, 5.74) is 1.07. The molecular weight excluding hydrogens is 388 g/mol. The van der Waals surface area contributed by atoms with E-state index in [1.165, 1.54) is 18.1 Å². The fraction of sp³-hybridized carbons (Fsp3) is 0.111. The molecule has 2 aromatic heterocycles. The smallest absolute Gasteiger partial charge is 0.300 e. The van der Waals surface area contributed by atoms with Crippen molar-refractivity contribution in [2.24, 2.45) is 0 Å². The average molecular weight is 402 g/mol. The second-order valence-electron chi connectivity index (χ2n) is 5.54. The Morgan fingerprint density at radius 1 is 1.11 bits per heavy atom. The lowest BCUT2D eigenvalue weighted by atomic mass is 10.1. The Labute approximate surface area is 159 Å². The van der Waals surface area contributed by atoms with Gasteiger partial charge in [-0.25, -0.2) is 4.98 Å². The van der Waals surface area contributed by atoms with Crippen LogP contribution in [0.2, 0.25) is 0 Å². The highest BCUT2D eigenvalue weighted by Gasteiger charge is 2.24. The molecule has 0 saturated heterocycles. The number of rotatable bonds is 5. The zero-order valence-electron chi connectivity index (χ0n) is 14.4. The molecule has 0 aliphatic heterocycles. The van der Waals surface area contributed by atoms with Crippen LogP contribution in [0, 0.1) is 0 Å². The molecule has 0 unspecified atom stereocenters. The van der Waals surface area contributed by atoms with Gasteiger partial charge in [-0.2, -0.15) is 8.42 Å². The SMILES string of the molecule is COSc1ccc2c(c1)cc(S(=O)(=O)OC)c1oc(-c3ccccn3)nc12. The van der Waals surface area contributed by atoms with Crippen molar-refractivity contribution in [2.45, 2.75) is 9.79 Å². The van der Waals surface area contributed by atoms with Gasteiger partial charge in [-0.1, -0.05) is 12.1 Å². The summed E-state index contributed by atoms with van der Waals surface area (Å²) in [6.07, 6.45) is 1.61. The van der Waals surface area contributed by atoms with Crippen molar-refractivity contribution in [1.82, 2.24) is 9.97 Å². The predicted molar refractivity (Wildman–Crippen MR) is 102 cm³/mol. The van der Waals surface area contributed by atoms with Gasteiger partial charge in [0.25, 0.3) is 0 Å². The molecule has 2 heterocycles. The zero-order chi connectivity index (χ0) is 19.0. The summed E-state index contributed by atoms with van der Waals surface area (Å²) in [7, 11) is -1.33. The van der Waals surface area contributed by atoms with Crippen LogP contribution in [0.3, 0.4) is 0 Å². The quantitative estimate of drug-likeness (QED) is 0.365. The molecule has 0 atom stereocenters. The number of oxazole rings is 1. The van der Waals surface area contributed by atoms with Gasteiger partial charge < -0.3 is 8.60 Å². The van der Waals surface area contributed by atoms with Crippen molar-refractivity contribution in [1.29, 1.82) is 0 Å². The third kappa shape index (κ3) is 3.19. The lowest BCUT2D eigenvalue weighted by molar-refractivity contribution is 0.397. The number of pyridine rings is 1. The lowest BCUT2D eigenvalue weighted by Gasteiger charge is -2.06. The van der Waals surface area contributed by atoms with Crippen LogP contribution in [0.4, 0.5) is 0 Å². The molecule has 0 amide bonds. The van der Waals surface area contributed by atoms with Gasteiger partial charge in [0.1, 0.15) is 16.1 Å². The first-order valence-electron chi connectivity index (χ1n) is 7.83. The standard InChI is InChI=1S/C18H14N2O5S2/c1-23-26-12-6-7-13-11(9-12)10-15(27(21,22)24-2)17-16(13)20-18(25-17)14-5-3-4-8-19-14/h3-10H,1-2H3. The Hall–Kier alpha value is -2.46. The fourth-order valence-corrected chi connectivity index (χ4v) is 4.08. The van der Waals surface area contributed by atoms with Crippen molar-refractivity contribution >= 4 is 44.0 Å². The van der Waals surface area contributed by atoms with Crippen molar-refractivity contribution in [3.63, 3.8) is 0 Å². The molecule has 4 rings (SSSR count). The van der Waals surface area contributed by atoms with Gasteiger partial charge >= 0.3 is 10.1 Å². The van der Waals surface area contributed by atoms with E-state index in [0.29, 0.717) is 16.6 Å². The van der Waals surface area contributed by atoms with Crippen molar-refractivity contribution in [3.8, 4) is 11.6 Å². The van der Waals surface area contributed by atoms with Crippen LogP contribution in [0.25, 0.3) is 33.5 Å². The van der Waals surface area contributed by atoms with Gasteiger partial charge in [0, 0.05) is 28.5 Å². The lowest BCUT2D eigenvalue weighted by Crippen LogP contribution is -2.03. The molecule has 138 valence electrons. The number of hydrogen-bond donors (Lipinski definition) is 0. The van der Waals surface area contributed by atoms with Crippen molar-refractivity contribution in [2.75, 3.05) is 14.2 Å². The van der Waals surface area contributed by atoms with Crippen LogP contribution in [-0.4, -0.2) is 32.6 Å². The number of aromatic nitrogens is 2. The van der Waals surface area contributed by atoms with Crippen LogP contribution in [0.5, 0.6) is 0 Å². The van der Waals surface area contributed by atoms with Gasteiger partial charge in [0.05, 0.1) is 14.2 Å². The molecule has 0 saturated carbocycles. The maximum atomic E-state index is 12.5. The van der Waals surface area contributed by atoms with Gasteiger partial charge in [0.2, 0.25) is 5.89 Å². The van der Waals surface area contributed by atoms with E-state index in [1.807, 2.05) is 18.2 Å². The van der Waals surface area contributed by atoms with E-state index in [2.05, 4.69) is 9.97 Å². The number of benzene rings is 2. The van der Waals surface area contributed by atoms with Crippen LogP contribution in [0.15, 0.2) is 62.9 Å². The number of nitrogens with zero attached hydrogens (tertiary/aromatic N) is 2. The van der Waals surface area contributed by atoms with E-state index < -0.39 is 10.1 Å². The van der Waals surface area contributed by atoms with Crippen LogP contribution < -0.4 is 0 Å². The molecule has 0 radical (unpaired) electrons. The van der Waals surface area contributed by atoms with E-state index in [0.717, 1.165) is 17.4 Å². The number of hydrogen-bond acceptors (Lipinski definition) is 8. The van der Waals surface area contributed by atoms with Crippen molar-refractivity contribution < 1.29 is 21.2 Å². The summed E-state index contributed by atoms with van der Waals surface area (Å²) in [6.45, 7) is 0. The normalized spacial score (nSPS) is 12.1. The van der Waals surface area contributed by atoms with Crippen LogP contribution in [-0.2, 0) is 18.5 Å². The highest BCUT2D eigenvalue weighted by Crippen LogP contribution is 2.36. The first-order chi connectivity index (χ1) is 13.0. The zero-order valence-corrected chi connectivity index (χ0v) is 16.0. The molecule has 0 aliphatic rings. The second kappa shape index (κ2) is 6.93. The second-order valence-corrected chi connectivity index (χ2v) is 8.19. The first kappa shape index (κ1) is 17.9. The predicted octanol–water partition coefficient (Wildman–Crippen LogP) is 4.03. The maximum Gasteiger partial charge on any atom is 0.300 e. The summed E-state index contributed by atoms with van der Waals surface area (Å²) in [4.78, 5) is 9.48. The van der Waals surface area contributed by atoms with Gasteiger partial charge in [-0.3, -0.25) is 9.17 Å². The molecule has 7 nitrogen and oxygen atoms in total. The van der Waals surface area contributed by atoms with Gasteiger partial charge in [-0.15, -0.1) is 0 Å². The van der Waals surface area contributed by atoms with Crippen molar-refractivity contribution in [3.05, 3.63) is 48.7 Å². The van der Waals surface area contributed by atoms with E-state index in [9.17, 15) is 8.42 Å². The molecule has 0 fully saturated rings. The van der Waals surface area contributed by atoms with Crippen LogP contribution in [0.1, 0.15) is 0 Å². The molecule has 0 aliphatic carbocycles. The third-order valence-electron chi connectivity index (χ3n) is 3.97. The summed E-state index contributed by atoms with van der Waals surface area (Å²) in [6, 6.07) is 12.4. The summed E-state index contributed by atoms with van der Waals surface area (Å²) < 4.78 is 40.5. The minimum atomic E-state index is -4.00. The Morgan fingerprint density at radius 3 is 2.67 bits per heavy atom. The maximum absolute atomic E-state index is 12.5. The molecule has 27 heavy (non-hydrogen) atoms. The third-order valence-corrected chi connectivity index (χ3v) is 5.86. The largest absolute Gasteiger partial charge is 0.433 e. The molecular formula is C18H14N2O5S2. The Kier molecular flexibility index (Phi) is 4.60. The molecule has 0 spiro atoms. The molecule has 2 aromatic carbocycles. The summed E-state index contributed by atoms with van der Waals surface area (Å²) >= 11 is 1.18. The molecule has 9 heteroatoms. The summed E-state index contributed by atoms with van der Waals surface area (Å²) in [5.74, 6) is 0.237. The minimum Gasteiger partial charge on any atom is -0.433 e. The monoisotopic (exact) mass is 402 g/mol. The Balaban J connectivity index is 2.07. The Morgan fingerprint density at radius 2 is 1.96 bits per heavy atom. The highest BCUT2D eigenvalue weighted by molar-refractivity contribution is 7.94. The minimum absolute atomic E-state index is 0.0817. The Bertz CT molecular complexity index is 1240. The molecule has 0 bridgehead atoms. The average Bonchev–Trinajstić information content (AvgIpc) is 3.13. The number of fused-ring (bicyclic) bond motifs is 3. The highest BCUT2D eigenvalue weighted by atomic mass is 32.2. The van der Waals surface area contributed by atoms with Crippen LogP contribution >= 0.6 is 12.0 Å². The van der Waals surface area contributed by atoms with E-state index in [1.54, 1.807) is 31.5 Å².